The molecular formula is C13H17ClFNO3S. The van der Waals surface area contributed by atoms with E-state index in [4.69, 9.17) is 16.7 Å². The van der Waals surface area contributed by atoms with E-state index in [1.165, 1.54) is 6.07 Å². The zero-order valence-electron chi connectivity index (χ0n) is 11.1. The third kappa shape index (κ3) is 3.14. The first kappa shape index (κ1) is 15.7. The molecule has 2 N–H and O–H groups in total. The molecule has 112 valence electrons. The molecule has 0 unspecified atom stereocenters. The number of halogens is 2. The highest BCUT2D eigenvalue weighted by molar-refractivity contribution is 7.89. The van der Waals surface area contributed by atoms with Crippen molar-refractivity contribution in [2.75, 3.05) is 6.54 Å². The molecule has 2 rings (SSSR count). The first-order valence-corrected chi connectivity index (χ1v) is 8.22. The van der Waals surface area contributed by atoms with Crippen molar-refractivity contribution in [2.45, 2.75) is 37.7 Å². The number of aliphatic hydroxyl groups excluding tert-OH is 1. The SMILES string of the molecule is CC1(CNS(=O)(=O)c2cc(Cl)cc(CO)c2F)CCC1. The fourth-order valence-electron chi connectivity index (χ4n) is 2.23. The van der Waals surface area contributed by atoms with Crippen LogP contribution in [0.15, 0.2) is 17.0 Å². The summed E-state index contributed by atoms with van der Waals surface area (Å²) in [7, 11) is -3.98. The van der Waals surface area contributed by atoms with E-state index in [-0.39, 0.29) is 22.5 Å². The molecule has 0 radical (unpaired) electrons. The lowest BCUT2D eigenvalue weighted by Crippen LogP contribution is -2.40. The van der Waals surface area contributed by atoms with Gasteiger partial charge in [-0.15, -0.1) is 0 Å². The molecule has 1 aliphatic rings. The minimum absolute atomic E-state index is 0.0536. The summed E-state index contributed by atoms with van der Waals surface area (Å²) in [6, 6.07) is 2.27. The number of benzene rings is 1. The Balaban J connectivity index is 2.27. The molecule has 20 heavy (non-hydrogen) atoms. The lowest BCUT2D eigenvalue weighted by molar-refractivity contribution is 0.166. The Morgan fingerprint density at radius 2 is 2.10 bits per heavy atom. The van der Waals surface area contributed by atoms with Gasteiger partial charge in [-0.1, -0.05) is 24.9 Å². The topological polar surface area (TPSA) is 66.4 Å². The van der Waals surface area contributed by atoms with Crippen molar-refractivity contribution < 1.29 is 17.9 Å². The third-order valence-corrected chi connectivity index (χ3v) is 5.41. The van der Waals surface area contributed by atoms with Crippen LogP contribution in [0, 0.1) is 11.2 Å². The lowest BCUT2D eigenvalue weighted by atomic mass is 9.71. The van der Waals surface area contributed by atoms with Gasteiger partial charge in [0.1, 0.15) is 10.7 Å². The third-order valence-electron chi connectivity index (χ3n) is 3.79. The van der Waals surface area contributed by atoms with Gasteiger partial charge >= 0.3 is 0 Å². The van der Waals surface area contributed by atoms with Gasteiger partial charge < -0.3 is 5.11 Å². The van der Waals surface area contributed by atoms with Gasteiger partial charge in [-0.2, -0.15) is 0 Å². The Hall–Kier alpha value is -0.690. The first-order chi connectivity index (χ1) is 9.27. The molecule has 0 aromatic heterocycles. The number of hydrogen-bond acceptors (Lipinski definition) is 3. The molecule has 0 bridgehead atoms. The molecular weight excluding hydrogens is 305 g/mol. The maximum Gasteiger partial charge on any atom is 0.243 e. The maximum absolute atomic E-state index is 14.0. The average Bonchev–Trinajstić information content (AvgIpc) is 2.36. The van der Waals surface area contributed by atoms with E-state index >= 15 is 0 Å². The summed E-state index contributed by atoms with van der Waals surface area (Å²) in [4.78, 5) is -0.517. The summed E-state index contributed by atoms with van der Waals surface area (Å²) in [5, 5.41) is 9.10. The smallest absolute Gasteiger partial charge is 0.243 e. The highest BCUT2D eigenvalue weighted by Gasteiger charge is 2.33. The van der Waals surface area contributed by atoms with Crippen LogP contribution in [0.1, 0.15) is 31.7 Å². The Labute approximate surface area is 123 Å². The maximum atomic E-state index is 14.0. The monoisotopic (exact) mass is 321 g/mol. The summed E-state index contributed by atoms with van der Waals surface area (Å²) in [6.07, 6.45) is 2.99. The van der Waals surface area contributed by atoms with E-state index in [1.807, 2.05) is 6.92 Å². The van der Waals surface area contributed by atoms with Crippen LogP contribution in [0.4, 0.5) is 4.39 Å². The second-order valence-corrected chi connectivity index (χ2v) is 7.70. The second kappa shape index (κ2) is 5.60. The van der Waals surface area contributed by atoms with Gasteiger partial charge in [0.2, 0.25) is 10.0 Å². The molecule has 1 aliphatic carbocycles. The Morgan fingerprint density at radius 3 is 2.60 bits per heavy atom. The van der Waals surface area contributed by atoms with E-state index < -0.39 is 27.3 Å². The summed E-state index contributed by atoms with van der Waals surface area (Å²) in [5.41, 5.74) is -0.185. The van der Waals surface area contributed by atoms with Crippen molar-refractivity contribution in [2.24, 2.45) is 5.41 Å². The number of sulfonamides is 1. The zero-order chi connectivity index (χ0) is 15.0. The van der Waals surface area contributed by atoms with E-state index in [1.54, 1.807) is 0 Å². The molecule has 1 aromatic rings. The first-order valence-electron chi connectivity index (χ1n) is 6.36. The van der Waals surface area contributed by atoms with Gasteiger partial charge in [0.15, 0.2) is 0 Å². The Morgan fingerprint density at radius 1 is 1.45 bits per heavy atom. The number of rotatable bonds is 5. The lowest BCUT2D eigenvalue weighted by Gasteiger charge is -2.38. The second-order valence-electron chi connectivity index (χ2n) is 5.52. The minimum atomic E-state index is -3.98. The van der Waals surface area contributed by atoms with Crippen molar-refractivity contribution in [1.29, 1.82) is 0 Å². The highest BCUT2D eigenvalue weighted by Crippen LogP contribution is 2.39. The van der Waals surface area contributed by atoms with E-state index in [9.17, 15) is 12.8 Å². The van der Waals surface area contributed by atoms with Crippen LogP contribution in [0.25, 0.3) is 0 Å². The number of hydrogen-bond donors (Lipinski definition) is 2. The Bertz CT molecular complexity index is 614. The molecule has 1 fully saturated rings. The molecule has 0 amide bonds. The zero-order valence-corrected chi connectivity index (χ0v) is 12.7. The van der Waals surface area contributed by atoms with Crippen LogP contribution < -0.4 is 4.72 Å². The van der Waals surface area contributed by atoms with E-state index in [0.717, 1.165) is 25.3 Å². The molecule has 7 heteroatoms. The molecule has 0 spiro atoms. The van der Waals surface area contributed by atoms with Gasteiger partial charge in [0.25, 0.3) is 0 Å². The summed E-state index contributed by atoms with van der Waals surface area (Å²) in [6.45, 7) is 1.66. The van der Waals surface area contributed by atoms with Gasteiger partial charge in [-0.25, -0.2) is 17.5 Å². The van der Waals surface area contributed by atoms with Crippen LogP contribution in [-0.4, -0.2) is 20.1 Å². The van der Waals surface area contributed by atoms with Crippen molar-refractivity contribution in [1.82, 2.24) is 4.72 Å². The van der Waals surface area contributed by atoms with Gasteiger partial charge in [0, 0.05) is 17.1 Å². The fraction of sp³-hybridized carbons (Fsp3) is 0.538. The standard InChI is InChI=1S/C13H17ClFNO3S/c1-13(3-2-4-13)8-16-20(18,19)11-6-10(14)5-9(7-17)12(11)15/h5-6,16-17H,2-4,7-8H2,1H3. The largest absolute Gasteiger partial charge is 0.392 e. The molecule has 1 saturated carbocycles. The fourth-order valence-corrected chi connectivity index (χ4v) is 3.88. The van der Waals surface area contributed by atoms with Crippen LogP contribution in [0.3, 0.4) is 0 Å². The summed E-state index contributed by atoms with van der Waals surface area (Å²) in [5.74, 6) is -0.955. The normalized spacial score (nSPS) is 17.8. The number of aliphatic hydroxyl groups is 1. The minimum Gasteiger partial charge on any atom is -0.392 e. The molecule has 4 nitrogen and oxygen atoms in total. The summed E-state index contributed by atoms with van der Waals surface area (Å²) < 4.78 is 40.8. The van der Waals surface area contributed by atoms with Crippen LogP contribution >= 0.6 is 11.6 Å². The van der Waals surface area contributed by atoms with Crippen molar-refractivity contribution in [3.05, 3.63) is 28.5 Å². The molecule has 0 atom stereocenters. The van der Waals surface area contributed by atoms with Gasteiger partial charge in [-0.05, 0) is 30.4 Å². The quantitative estimate of drug-likeness (QED) is 0.875. The van der Waals surface area contributed by atoms with Crippen LogP contribution in [-0.2, 0) is 16.6 Å². The molecule has 0 saturated heterocycles. The van der Waals surface area contributed by atoms with Gasteiger partial charge in [0.05, 0.1) is 6.61 Å². The van der Waals surface area contributed by atoms with Crippen LogP contribution in [0.2, 0.25) is 5.02 Å². The van der Waals surface area contributed by atoms with Crippen molar-refractivity contribution >= 4 is 21.6 Å². The Kier molecular flexibility index (Phi) is 4.39. The predicted molar refractivity (Wildman–Crippen MR) is 74.5 cm³/mol. The molecule has 0 heterocycles. The summed E-state index contributed by atoms with van der Waals surface area (Å²) >= 11 is 5.77. The highest BCUT2D eigenvalue weighted by atomic mass is 35.5. The number of nitrogens with one attached hydrogen (secondary N) is 1. The molecule has 1 aromatic carbocycles. The van der Waals surface area contributed by atoms with Crippen molar-refractivity contribution in [3.8, 4) is 0 Å². The molecule has 0 aliphatic heterocycles. The van der Waals surface area contributed by atoms with E-state index in [2.05, 4.69) is 4.72 Å². The van der Waals surface area contributed by atoms with Gasteiger partial charge in [-0.3, -0.25) is 0 Å². The van der Waals surface area contributed by atoms with Crippen LogP contribution in [0.5, 0.6) is 0 Å². The predicted octanol–water partition coefficient (Wildman–Crippen LogP) is 2.44. The van der Waals surface area contributed by atoms with Crippen molar-refractivity contribution in [3.63, 3.8) is 0 Å². The van der Waals surface area contributed by atoms with E-state index in [0.29, 0.717) is 0 Å². The average molecular weight is 322 g/mol.